The Morgan fingerprint density at radius 3 is 2.47 bits per heavy atom. The van der Waals surface area contributed by atoms with E-state index in [4.69, 9.17) is 0 Å². The van der Waals surface area contributed by atoms with Crippen molar-refractivity contribution in [3.8, 4) is 0 Å². The summed E-state index contributed by atoms with van der Waals surface area (Å²) in [6.07, 6.45) is 3.39. The van der Waals surface area contributed by atoms with E-state index in [1.54, 1.807) is 0 Å². The van der Waals surface area contributed by atoms with Crippen molar-refractivity contribution in [1.82, 2.24) is 5.32 Å². The van der Waals surface area contributed by atoms with Gasteiger partial charge in [-0.25, -0.2) is 0 Å². The molecule has 3 unspecified atom stereocenters. The first kappa shape index (κ1) is 14.1. The zero-order valence-electron chi connectivity index (χ0n) is 12.1. The first-order chi connectivity index (χ1) is 9.11. The summed E-state index contributed by atoms with van der Waals surface area (Å²) < 4.78 is 0. The zero-order chi connectivity index (χ0) is 13.8. The molecule has 0 heterocycles. The fraction of sp³-hybridized carbons (Fsp3) is 0.562. The summed E-state index contributed by atoms with van der Waals surface area (Å²) in [7, 11) is 1.95. The lowest BCUT2D eigenvalue weighted by molar-refractivity contribution is -0.120. The molecule has 2 rings (SSSR count). The third-order valence-electron chi connectivity index (χ3n) is 4.31. The Bertz CT molecular complexity index is 427. The number of anilines is 1. The van der Waals surface area contributed by atoms with Crippen LogP contribution in [0, 0.1) is 11.8 Å². The highest BCUT2D eigenvalue weighted by molar-refractivity contribution is 5.92. The molecule has 1 amide bonds. The molecule has 3 heteroatoms. The Morgan fingerprint density at radius 1 is 1.26 bits per heavy atom. The van der Waals surface area contributed by atoms with Crippen molar-refractivity contribution < 1.29 is 4.79 Å². The molecular weight excluding hydrogens is 236 g/mol. The van der Waals surface area contributed by atoms with Crippen LogP contribution in [0.1, 0.15) is 44.7 Å². The van der Waals surface area contributed by atoms with Gasteiger partial charge in [0, 0.05) is 17.6 Å². The van der Waals surface area contributed by atoms with Crippen molar-refractivity contribution in [2.75, 3.05) is 12.4 Å². The van der Waals surface area contributed by atoms with E-state index in [-0.39, 0.29) is 11.8 Å². The number of amides is 1. The summed E-state index contributed by atoms with van der Waals surface area (Å²) in [5, 5.41) is 6.24. The molecular formula is C16H24N2O. The van der Waals surface area contributed by atoms with E-state index in [2.05, 4.69) is 36.6 Å². The van der Waals surface area contributed by atoms with Crippen molar-refractivity contribution >= 4 is 11.6 Å². The standard InChI is InChI=1S/C16H24N2O/c1-11-5-4-6-15(11)16(19)18-14-9-7-13(8-10-14)12(2)17-3/h7-12,15,17H,4-6H2,1-3H3,(H,18,19). The minimum atomic E-state index is 0.180. The molecule has 1 aliphatic carbocycles. The first-order valence-corrected chi connectivity index (χ1v) is 7.20. The maximum absolute atomic E-state index is 12.2. The normalized spacial score (nSPS) is 24.2. The summed E-state index contributed by atoms with van der Waals surface area (Å²) in [4.78, 5) is 12.2. The van der Waals surface area contributed by atoms with Gasteiger partial charge in [-0.15, -0.1) is 0 Å². The molecule has 0 spiro atoms. The molecule has 1 aromatic carbocycles. The topological polar surface area (TPSA) is 41.1 Å². The van der Waals surface area contributed by atoms with E-state index in [9.17, 15) is 4.79 Å². The van der Waals surface area contributed by atoms with Crippen molar-refractivity contribution in [2.45, 2.75) is 39.2 Å². The number of carbonyl (C=O) groups is 1. The molecule has 19 heavy (non-hydrogen) atoms. The summed E-state index contributed by atoms with van der Waals surface area (Å²) >= 11 is 0. The number of carbonyl (C=O) groups excluding carboxylic acids is 1. The second kappa shape index (κ2) is 6.20. The largest absolute Gasteiger partial charge is 0.326 e. The van der Waals surface area contributed by atoms with Crippen LogP contribution in [0.4, 0.5) is 5.69 Å². The van der Waals surface area contributed by atoms with Crippen LogP contribution < -0.4 is 10.6 Å². The van der Waals surface area contributed by atoms with Crippen LogP contribution in [0.2, 0.25) is 0 Å². The van der Waals surface area contributed by atoms with Gasteiger partial charge in [-0.05, 0) is 50.4 Å². The van der Waals surface area contributed by atoms with Gasteiger partial charge >= 0.3 is 0 Å². The maximum Gasteiger partial charge on any atom is 0.227 e. The minimum Gasteiger partial charge on any atom is -0.326 e. The molecule has 0 aliphatic heterocycles. The highest BCUT2D eigenvalue weighted by Gasteiger charge is 2.29. The van der Waals surface area contributed by atoms with Gasteiger partial charge in [0.2, 0.25) is 5.91 Å². The summed E-state index contributed by atoms with van der Waals surface area (Å²) in [5.74, 6) is 0.888. The Labute approximate surface area is 115 Å². The number of nitrogens with one attached hydrogen (secondary N) is 2. The first-order valence-electron chi connectivity index (χ1n) is 7.20. The molecule has 0 radical (unpaired) electrons. The van der Waals surface area contributed by atoms with Gasteiger partial charge in [-0.1, -0.05) is 25.5 Å². The maximum atomic E-state index is 12.2. The van der Waals surface area contributed by atoms with Gasteiger partial charge in [0.1, 0.15) is 0 Å². The van der Waals surface area contributed by atoms with Crippen LogP contribution in [0.15, 0.2) is 24.3 Å². The van der Waals surface area contributed by atoms with E-state index in [1.165, 1.54) is 18.4 Å². The molecule has 104 valence electrons. The predicted octanol–water partition coefficient (Wildman–Crippen LogP) is 3.34. The van der Waals surface area contributed by atoms with Gasteiger partial charge in [-0.2, -0.15) is 0 Å². The predicted molar refractivity (Wildman–Crippen MR) is 79.1 cm³/mol. The van der Waals surface area contributed by atoms with Crippen LogP contribution >= 0.6 is 0 Å². The van der Waals surface area contributed by atoms with Gasteiger partial charge in [0.15, 0.2) is 0 Å². The Balaban J connectivity index is 1.97. The fourth-order valence-electron chi connectivity index (χ4n) is 2.79. The molecule has 0 saturated heterocycles. The number of hydrogen-bond donors (Lipinski definition) is 2. The quantitative estimate of drug-likeness (QED) is 0.871. The van der Waals surface area contributed by atoms with Crippen LogP contribution in [0.5, 0.6) is 0 Å². The Morgan fingerprint density at radius 2 is 1.95 bits per heavy atom. The number of hydrogen-bond acceptors (Lipinski definition) is 2. The average molecular weight is 260 g/mol. The lowest BCUT2D eigenvalue weighted by atomic mass is 9.97. The van der Waals surface area contributed by atoms with Crippen LogP contribution in [0.3, 0.4) is 0 Å². The Kier molecular flexibility index (Phi) is 4.59. The van der Waals surface area contributed by atoms with Crippen molar-refractivity contribution in [1.29, 1.82) is 0 Å². The van der Waals surface area contributed by atoms with E-state index in [1.807, 2.05) is 19.2 Å². The van der Waals surface area contributed by atoms with E-state index >= 15 is 0 Å². The lowest BCUT2D eigenvalue weighted by Gasteiger charge is -2.16. The number of benzene rings is 1. The molecule has 3 nitrogen and oxygen atoms in total. The molecule has 2 N–H and O–H groups in total. The second-order valence-electron chi connectivity index (χ2n) is 5.64. The molecule has 3 atom stereocenters. The summed E-state index contributed by atoms with van der Waals surface area (Å²) in [6, 6.07) is 8.44. The summed E-state index contributed by atoms with van der Waals surface area (Å²) in [5.41, 5.74) is 2.13. The van der Waals surface area contributed by atoms with Crippen LogP contribution in [-0.4, -0.2) is 13.0 Å². The summed E-state index contributed by atoms with van der Waals surface area (Å²) in [6.45, 7) is 4.29. The SMILES string of the molecule is CNC(C)c1ccc(NC(=O)C2CCCC2C)cc1. The molecule has 1 saturated carbocycles. The van der Waals surface area contributed by atoms with E-state index in [0.29, 0.717) is 12.0 Å². The van der Waals surface area contributed by atoms with Crippen LogP contribution in [0.25, 0.3) is 0 Å². The molecule has 0 bridgehead atoms. The van der Waals surface area contributed by atoms with E-state index in [0.717, 1.165) is 12.1 Å². The monoisotopic (exact) mass is 260 g/mol. The molecule has 1 fully saturated rings. The van der Waals surface area contributed by atoms with Gasteiger partial charge in [0.05, 0.1) is 0 Å². The van der Waals surface area contributed by atoms with Gasteiger partial charge < -0.3 is 10.6 Å². The fourth-order valence-corrected chi connectivity index (χ4v) is 2.79. The lowest BCUT2D eigenvalue weighted by Crippen LogP contribution is -2.24. The van der Waals surface area contributed by atoms with Crippen molar-refractivity contribution in [3.63, 3.8) is 0 Å². The molecule has 0 aromatic heterocycles. The van der Waals surface area contributed by atoms with Crippen molar-refractivity contribution in [3.05, 3.63) is 29.8 Å². The zero-order valence-corrected chi connectivity index (χ0v) is 12.1. The smallest absolute Gasteiger partial charge is 0.227 e. The highest BCUT2D eigenvalue weighted by atomic mass is 16.1. The third kappa shape index (κ3) is 3.35. The number of rotatable bonds is 4. The average Bonchev–Trinajstić information content (AvgIpc) is 2.85. The van der Waals surface area contributed by atoms with Crippen molar-refractivity contribution in [2.24, 2.45) is 11.8 Å². The molecule has 1 aromatic rings. The van der Waals surface area contributed by atoms with Gasteiger partial charge in [0.25, 0.3) is 0 Å². The Hall–Kier alpha value is -1.35. The van der Waals surface area contributed by atoms with Crippen LogP contribution in [-0.2, 0) is 4.79 Å². The van der Waals surface area contributed by atoms with Gasteiger partial charge in [-0.3, -0.25) is 4.79 Å². The molecule has 1 aliphatic rings. The second-order valence-corrected chi connectivity index (χ2v) is 5.64. The minimum absolute atomic E-state index is 0.180. The third-order valence-corrected chi connectivity index (χ3v) is 4.31. The van der Waals surface area contributed by atoms with E-state index < -0.39 is 0 Å². The highest BCUT2D eigenvalue weighted by Crippen LogP contribution is 2.32.